The molecular weight excluding hydrogens is 294 g/mol. The van der Waals surface area contributed by atoms with Gasteiger partial charge in [-0.3, -0.25) is 0 Å². The van der Waals surface area contributed by atoms with Crippen molar-refractivity contribution in [2.45, 2.75) is 17.7 Å². The summed E-state index contributed by atoms with van der Waals surface area (Å²) in [5.41, 5.74) is 0.538. The van der Waals surface area contributed by atoms with Gasteiger partial charge in [-0.25, -0.2) is 14.6 Å². The van der Waals surface area contributed by atoms with Gasteiger partial charge in [0.05, 0.1) is 29.2 Å². The molecule has 0 unspecified atom stereocenters. The highest BCUT2D eigenvalue weighted by molar-refractivity contribution is 7.98. The van der Waals surface area contributed by atoms with E-state index in [1.54, 1.807) is 13.0 Å². The van der Waals surface area contributed by atoms with Gasteiger partial charge in [-0.2, -0.15) is 0 Å². The van der Waals surface area contributed by atoms with Crippen molar-refractivity contribution in [1.29, 1.82) is 0 Å². The fraction of sp³-hybridized carbons (Fsp3) is 0.214. The van der Waals surface area contributed by atoms with Crippen molar-refractivity contribution in [3.63, 3.8) is 0 Å². The normalized spacial score (nSPS) is 10.3. The number of carbonyl (C=O) groups excluding carboxylic acids is 1. The summed E-state index contributed by atoms with van der Waals surface area (Å²) < 4.78 is 10.2. The third kappa shape index (κ3) is 3.85. The van der Waals surface area contributed by atoms with Crippen molar-refractivity contribution >= 4 is 23.7 Å². The van der Waals surface area contributed by atoms with Crippen LogP contribution in [0.15, 0.2) is 40.1 Å². The van der Waals surface area contributed by atoms with Gasteiger partial charge >= 0.3 is 11.9 Å². The van der Waals surface area contributed by atoms with Gasteiger partial charge in [0, 0.05) is 6.20 Å². The quantitative estimate of drug-likeness (QED) is 0.648. The topological polar surface area (TPSA) is 89.6 Å². The van der Waals surface area contributed by atoms with E-state index >= 15 is 0 Å². The highest BCUT2D eigenvalue weighted by Crippen LogP contribution is 2.24. The summed E-state index contributed by atoms with van der Waals surface area (Å²) in [6.07, 6.45) is 2.85. The molecule has 0 fully saturated rings. The van der Waals surface area contributed by atoms with Gasteiger partial charge in [-0.05, 0) is 25.1 Å². The highest BCUT2D eigenvalue weighted by atomic mass is 32.2. The van der Waals surface area contributed by atoms with E-state index in [-0.39, 0.29) is 5.56 Å². The maximum atomic E-state index is 11.7. The van der Waals surface area contributed by atoms with E-state index in [1.165, 1.54) is 36.4 Å². The SMILES string of the molecule is CCOC(=O)c1ccoc1CSc1cc(C(=O)O)ccn1. The summed E-state index contributed by atoms with van der Waals surface area (Å²) in [7, 11) is 0. The molecule has 110 valence electrons. The van der Waals surface area contributed by atoms with Gasteiger partial charge in [-0.15, -0.1) is 0 Å². The van der Waals surface area contributed by atoms with Crippen LogP contribution in [-0.2, 0) is 10.5 Å². The lowest BCUT2D eigenvalue weighted by Gasteiger charge is -2.03. The van der Waals surface area contributed by atoms with E-state index < -0.39 is 11.9 Å². The van der Waals surface area contributed by atoms with Crippen LogP contribution in [0.2, 0.25) is 0 Å². The monoisotopic (exact) mass is 307 g/mol. The number of hydrogen-bond donors (Lipinski definition) is 1. The van der Waals surface area contributed by atoms with E-state index in [0.717, 1.165) is 0 Å². The summed E-state index contributed by atoms with van der Waals surface area (Å²) in [4.78, 5) is 26.7. The molecular formula is C14H13NO5S. The zero-order valence-corrected chi connectivity index (χ0v) is 12.1. The second kappa shape index (κ2) is 6.94. The predicted molar refractivity (Wildman–Crippen MR) is 75.4 cm³/mol. The van der Waals surface area contributed by atoms with Gasteiger partial charge in [0.1, 0.15) is 11.3 Å². The van der Waals surface area contributed by atoms with Gasteiger partial charge in [-0.1, -0.05) is 11.8 Å². The maximum absolute atomic E-state index is 11.7. The number of hydrogen-bond acceptors (Lipinski definition) is 6. The largest absolute Gasteiger partial charge is 0.478 e. The number of carboxylic acids is 1. The molecule has 7 heteroatoms. The number of ether oxygens (including phenoxy) is 1. The van der Waals surface area contributed by atoms with Gasteiger partial charge in [0.25, 0.3) is 0 Å². The number of rotatable bonds is 6. The summed E-state index contributed by atoms with van der Waals surface area (Å²) in [6.45, 7) is 2.02. The molecule has 0 aliphatic carbocycles. The number of aromatic nitrogens is 1. The molecule has 0 aliphatic heterocycles. The number of nitrogens with zero attached hydrogens (tertiary/aromatic N) is 1. The second-order valence-electron chi connectivity index (χ2n) is 3.95. The standard InChI is InChI=1S/C14H13NO5S/c1-2-19-14(18)10-4-6-20-11(10)8-21-12-7-9(13(16)17)3-5-15-12/h3-7H,2,8H2,1H3,(H,16,17). The Morgan fingerprint density at radius 2 is 2.24 bits per heavy atom. The Hall–Kier alpha value is -2.28. The second-order valence-corrected chi connectivity index (χ2v) is 4.95. The van der Waals surface area contributed by atoms with Crippen LogP contribution in [-0.4, -0.2) is 28.6 Å². The molecule has 1 N–H and O–H groups in total. The zero-order valence-electron chi connectivity index (χ0n) is 11.2. The molecule has 2 aromatic heterocycles. The lowest BCUT2D eigenvalue weighted by molar-refractivity contribution is 0.0523. The van der Waals surface area contributed by atoms with Crippen molar-refractivity contribution in [1.82, 2.24) is 4.98 Å². The van der Waals surface area contributed by atoms with Crippen LogP contribution in [0.1, 0.15) is 33.4 Å². The number of pyridine rings is 1. The van der Waals surface area contributed by atoms with Gasteiger partial charge in [0.15, 0.2) is 0 Å². The first-order valence-electron chi connectivity index (χ1n) is 6.17. The average Bonchev–Trinajstić information content (AvgIpc) is 2.94. The molecule has 0 amide bonds. The fourth-order valence-electron chi connectivity index (χ4n) is 1.60. The molecule has 2 rings (SSSR count). The van der Waals surface area contributed by atoms with E-state index in [2.05, 4.69) is 4.98 Å². The molecule has 6 nitrogen and oxygen atoms in total. The van der Waals surface area contributed by atoms with Gasteiger partial charge < -0.3 is 14.3 Å². The molecule has 0 radical (unpaired) electrons. The molecule has 0 spiro atoms. The first kappa shape index (κ1) is 15.1. The highest BCUT2D eigenvalue weighted by Gasteiger charge is 2.16. The Bertz CT molecular complexity index is 652. The van der Waals surface area contributed by atoms with Crippen molar-refractivity contribution in [2.75, 3.05) is 6.61 Å². The summed E-state index contributed by atoms with van der Waals surface area (Å²) >= 11 is 1.28. The number of carbonyl (C=O) groups is 2. The van der Waals surface area contributed by atoms with E-state index in [9.17, 15) is 9.59 Å². The predicted octanol–water partition coefficient (Wildman–Crippen LogP) is 2.84. The number of carboxylic acid groups (broad SMARTS) is 1. The molecule has 2 aromatic rings. The Morgan fingerprint density at radius 3 is 2.95 bits per heavy atom. The first-order chi connectivity index (χ1) is 10.1. The van der Waals surface area contributed by atoms with Crippen LogP contribution in [0.3, 0.4) is 0 Å². The first-order valence-corrected chi connectivity index (χ1v) is 7.16. The van der Waals surface area contributed by atoms with Crippen molar-refractivity contribution in [2.24, 2.45) is 0 Å². The Morgan fingerprint density at radius 1 is 1.43 bits per heavy atom. The minimum Gasteiger partial charge on any atom is -0.478 e. The van der Waals surface area contributed by atoms with E-state index in [4.69, 9.17) is 14.3 Å². The van der Waals surface area contributed by atoms with Crippen molar-refractivity contribution < 1.29 is 23.8 Å². The van der Waals surface area contributed by atoms with E-state index in [1.807, 2.05) is 0 Å². The summed E-state index contributed by atoms with van der Waals surface area (Å²) in [5, 5.41) is 9.46. The molecule has 0 bridgehead atoms. The molecule has 0 atom stereocenters. The summed E-state index contributed by atoms with van der Waals surface area (Å²) in [6, 6.07) is 4.44. The lowest BCUT2D eigenvalue weighted by atomic mass is 10.3. The number of thioether (sulfide) groups is 1. The molecule has 0 saturated carbocycles. The minimum absolute atomic E-state index is 0.164. The zero-order chi connectivity index (χ0) is 15.2. The van der Waals surface area contributed by atoms with Crippen LogP contribution in [0, 0.1) is 0 Å². The smallest absolute Gasteiger partial charge is 0.341 e. The van der Waals surface area contributed by atoms with Crippen LogP contribution in [0.5, 0.6) is 0 Å². The van der Waals surface area contributed by atoms with Crippen LogP contribution in [0.4, 0.5) is 0 Å². The molecule has 0 aromatic carbocycles. The average molecular weight is 307 g/mol. The molecule has 21 heavy (non-hydrogen) atoms. The third-order valence-corrected chi connectivity index (χ3v) is 3.50. The summed E-state index contributed by atoms with van der Waals surface area (Å²) in [5.74, 6) is -0.614. The van der Waals surface area contributed by atoms with E-state index in [0.29, 0.717) is 28.7 Å². The maximum Gasteiger partial charge on any atom is 0.341 e. The molecule has 2 heterocycles. The Balaban J connectivity index is 2.07. The fourth-order valence-corrected chi connectivity index (χ4v) is 2.45. The molecule has 0 aliphatic rings. The third-order valence-electron chi connectivity index (χ3n) is 2.57. The Labute approximate surface area is 125 Å². The number of furan rings is 1. The number of esters is 1. The van der Waals surface area contributed by atoms with Gasteiger partial charge in [0.2, 0.25) is 0 Å². The lowest BCUT2D eigenvalue weighted by Crippen LogP contribution is -2.05. The van der Waals surface area contributed by atoms with Crippen molar-refractivity contribution in [3.05, 3.63) is 47.5 Å². The molecule has 0 saturated heterocycles. The number of aromatic carboxylic acids is 1. The van der Waals surface area contributed by atoms with Crippen LogP contribution >= 0.6 is 11.8 Å². The van der Waals surface area contributed by atoms with Crippen LogP contribution in [0.25, 0.3) is 0 Å². The minimum atomic E-state index is -1.01. The van der Waals surface area contributed by atoms with Crippen molar-refractivity contribution in [3.8, 4) is 0 Å². The van der Waals surface area contributed by atoms with Crippen LogP contribution < -0.4 is 0 Å². The Kier molecular flexibility index (Phi) is 4.99.